The predicted molar refractivity (Wildman–Crippen MR) is 67.0 cm³/mol. The van der Waals surface area contributed by atoms with E-state index in [4.69, 9.17) is 5.26 Å². The summed E-state index contributed by atoms with van der Waals surface area (Å²) in [5.74, 6) is 0.183. The van der Waals surface area contributed by atoms with Crippen molar-refractivity contribution in [3.63, 3.8) is 0 Å². The van der Waals surface area contributed by atoms with Crippen LogP contribution in [0.3, 0.4) is 0 Å². The molecule has 0 radical (unpaired) electrons. The van der Waals surface area contributed by atoms with Crippen LogP contribution in [0.5, 0.6) is 0 Å². The number of sulfonamides is 1. The highest BCUT2D eigenvalue weighted by molar-refractivity contribution is 7.88. The molecule has 0 saturated heterocycles. The fraction of sp³-hybridized carbons (Fsp3) is 0.182. The van der Waals surface area contributed by atoms with E-state index in [-0.39, 0.29) is 12.3 Å². The molecule has 0 fully saturated rings. The van der Waals surface area contributed by atoms with Crippen molar-refractivity contribution in [2.24, 2.45) is 0 Å². The summed E-state index contributed by atoms with van der Waals surface area (Å²) in [5, 5.41) is 15.1. The molecule has 0 aliphatic heterocycles. The standard InChI is InChI=1S/C11H11N5O2S/c12-5-9-3-1-2-4-10(9)7-19(17,18)15-6-11-13-8-14-16-11/h1-4,8,15H,6-7H2,(H,13,14,16). The normalized spacial score (nSPS) is 11.1. The molecule has 0 amide bonds. The van der Waals surface area contributed by atoms with Gasteiger partial charge in [0.05, 0.1) is 23.9 Å². The molecule has 2 N–H and O–H groups in total. The second-order valence-corrected chi connectivity index (χ2v) is 5.59. The minimum absolute atomic E-state index is 0.0387. The van der Waals surface area contributed by atoms with Gasteiger partial charge in [0.2, 0.25) is 10.0 Å². The number of nitriles is 1. The molecular weight excluding hydrogens is 266 g/mol. The lowest BCUT2D eigenvalue weighted by Crippen LogP contribution is -2.25. The maximum atomic E-state index is 11.9. The van der Waals surface area contributed by atoms with E-state index in [2.05, 4.69) is 19.9 Å². The number of nitrogens with one attached hydrogen (secondary N) is 2. The molecule has 8 heteroatoms. The summed E-state index contributed by atoms with van der Waals surface area (Å²) < 4.78 is 26.2. The average molecular weight is 277 g/mol. The molecule has 0 aliphatic carbocycles. The Morgan fingerprint density at radius 1 is 1.37 bits per heavy atom. The molecule has 0 unspecified atom stereocenters. The largest absolute Gasteiger partial charge is 0.262 e. The highest BCUT2D eigenvalue weighted by Crippen LogP contribution is 2.10. The number of hydrogen-bond donors (Lipinski definition) is 2. The Morgan fingerprint density at radius 3 is 2.84 bits per heavy atom. The Labute approximate surface area is 110 Å². The number of H-pyrrole nitrogens is 1. The molecule has 98 valence electrons. The molecule has 1 aromatic heterocycles. The third-order valence-electron chi connectivity index (χ3n) is 2.41. The van der Waals surface area contributed by atoms with Gasteiger partial charge in [-0.2, -0.15) is 10.4 Å². The van der Waals surface area contributed by atoms with E-state index in [1.165, 1.54) is 6.33 Å². The third-order valence-corrected chi connectivity index (χ3v) is 3.68. The van der Waals surface area contributed by atoms with Crippen LogP contribution in [0.25, 0.3) is 0 Å². The van der Waals surface area contributed by atoms with Crippen molar-refractivity contribution in [1.82, 2.24) is 19.9 Å². The number of aromatic nitrogens is 3. The maximum Gasteiger partial charge on any atom is 0.216 e. The van der Waals surface area contributed by atoms with Crippen LogP contribution < -0.4 is 4.72 Å². The van der Waals surface area contributed by atoms with E-state index in [0.717, 1.165) is 0 Å². The maximum absolute atomic E-state index is 11.9. The van der Waals surface area contributed by atoms with Gasteiger partial charge in [0.25, 0.3) is 0 Å². The highest BCUT2D eigenvalue weighted by atomic mass is 32.2. The van der Waals surface area contributed by atoms with E-state index >= 15 is 0 Å². The van der Waals surface area contributed by atoms with Gasteiger partial charge in [-0.05, 0) is 11.6 Å². The summed E-state index contributed by atoms with van der Waals surface area (Å²) in [7, 11) is -3.53. The van der Waals surface area contributed by atoms with Gasteiger partial charge in [0.1, 0.15) is 12.2 Å². The van der Waals surface area contributed by atoms with Crippen molar-refractivity contribution in [2.45, 2.75) is 12.3 Å². The SMILES string of the molecule is N#Cc1ccccc1CS(=O)(=O)NCc1ncn[nH]1. The summed E-state index contributed by atoms with van der Waals surface area (Å²) >= 11 is 0. The Morgan fingerprint density at radius 2 is 2.16 bits per heavy atom. The number of nitrogens with zero attached hydrogens (tertiary/aromatic N) is 3. The van der Waals surface area contributed by atoms with E-state index in [1.54, 1.807) is 24.3 Å². The lowest BCUT2D eigenvalue weighted by molar-refractivity contribution is 0.578. The van der Waals surface area contributed by atoms with Gasteiger partial charge in [0.15, 0.2) is 0 Å². The molecule has 7 nitrogen and oxygen atoms in total. The van der Waals surface area contributed by atoms with Crippen LogP contribution in [0.2, 0.25) is 0 Å². The lowest BCUT2D eigenvalue weighted by Gasteiger charge is -2.06. The molecule has 0 spiro atoms. The average Bonchev–Trinajstić information content (AvgIpc) is 2.90. The van der Waals surface area contributed by atoms with Gasteiger partial charge >= 0.3 is 0 Å². The number of aromatic amines is 1. The zero-order valence-corrected chi connectivity index (χ0v) is 10.7. The first kappa shape index (κ1) is 13.2. The first-order valence-electron chi connectivity index (χ1n) is 5.40. The molecule has 0 atom stereocenters. The van der Waals surface area contributed by atoms with Crippen molar-refractivity contribution in [3.8, 4) is 6.07 Å². The van der Waals surface area contributed by atoms with Crippen molar-refractivity contribution in [3.05, 3.63) is 47.5 Å². The van der Waals surface area contributed by atoms with Gasteiger partial charge in [0, 0.05) is 0 Å². The van der Waals surface area contributed by atoms with Crippen molar-refractivity contribution >= 4 is 10.0 Å². The minimum atomic E-state index is -3.53. The second-order valence-electron chi connectivity index (χ2n) is 3.78. The van der Waals surface area contributed by atoms with E-state index in [9.17, 15) is 8.42 Å². The van der Waals surface area contributed by atoms with Gasteiger partial charge < -0.3 is 0 Å². The summed E-state index contributed by atoms with van der Waals surface area (Å²) in [6, 6.07) is 8.56. The smallest absolute Gasteiger partial charge is 0.216 e. The van der Waals surface area contributed by atoms with Crippen LogP contribution in [0.1, 0.15) is 17.0 Å². The Bertz CT molecular complexity index is 688. The molecule has 2 aromatic rings. The number of benzene rings is 1. The van der Waals surface area contributed by atoms with Crippen LogP contribution in [-0.2, 0) is 22.3 Å². The fourth-order valence-corrected chi connectivity index (χ4v) is 2.63. The monoisotopic (exact) mass is 277 g/mol. The highest BCUT2D eigenvalue weighted by Gasteiger charge is 2.14. The third kappa shape index (κ3) is 3.61. The quantitative estimate of drug-likeness (QED) is 0.816. The molecular formula is C11H11N5O2S. The summed E-state index contributed by atoms with van der Waals surface area (Å²) in [4.78, 5) is 3.81. The molecule has 0 saturated carbocycles. The zero-order chi connectivity index (χ0) is 13.7. The Kier molecular flexibility index (Phi) is 3.89. The van der Waals surface area contributed by atoms with Crippen molar-refractivity contribution in [2.75, 3.05) is 0 Å². The fourth-order valence-electron chi connectivity index (χ4n) is 1.51. The van der Waals surface area contributed by atoms with Gasteiger partial charge in [-0.25, -0.2) is 18.1 Å². The predicted octanol–water partition coefficient (Wildman–Crippen LogP) is 0.296. The zero-order valence-electron chi connectivity index (χ0n) is 9.87. The van der Waals surface area contributed by atoms with Gasteiger partial charge in [-0.1, -0.05) is 18.2 Å². The Balaban J connectivity index is 2.07. The molecule has 19 heavy (non-hydrogen) atoms. The lowest BCUT2D eigenvalue weighted by atomic mass is 10.1. The molecule has 0 aliphatic rings. The number of hydrogen-bond acceptors (Lipinski definition) is 5. The van der Waals surface area contributed by atoms with Crippen molar-refractivity contribution in [1.29, 1.82) is 5.26 Å². The van der Waals surface area contributed by atoms with Crippen LogP contribution in [0.15, 0.2) is 30.6 Å². The topological polar surface area (TPSA) is 112 Å². The molecule has 0 bridgehead atoms. The summed E-state index contributed by atoms with van der Waals surface area (Å²) in [5.41, 5.74) is 0.822. The van der Waals surface area contributed by atoms with Crippen LogP contribution in [0.4, 0.5) is 0 Å². The number of rotatable bonds is 5. The second kappa shape index (κ2) is 5.60. The molecule has 1 aromatic carbocycles. The van der Waals surface area contributed by atoms with E-state index in [1.807, 2.05) is 6.07 Å². The molecule has 2 rings (SSSR count). The Hall–Kier alpha value is -2.24. The summed E-state index contributed by atoms with van der Waals surface area (Å²) in [6.45, 7) is 0.0387. The van der Waals surface area contributed by atoms with Crippen molar-refractivity contribution < 1.29 is 8.42 Å². The first-order valence-corrected chi connectivity index (χ1v) is 7.05. The van der Waals surface area contributed by atoms with Crippen LogP contribution >= 0.6 is 0 Å². The molecule has 1 heterocycles. The van der Waals surface area contributed by atoms with Crippen LogP contribution in [-0.4, -0.2) is 23.6 Å². The van der Waals surface area contributed by atoms with Crippen LogP contribution in [0, 0.1) is 11.3 Å². The minimum Gasteiger partial charge on any atom is -0.262 e. The van der Waals surface area contributed by atoms with E-state index in [0.29, 0.717) is 17.0 Å². The summed E-state index contributed by atoms with van der Waals surface area (Å²) in [6.07, 6.45) is 1.30. The van der Waals surface area contributed by atoms with Gasteiger partial charge in [-0.3, -0.25) is 5.10 Å². The van der Waals surface area contributed by atoms with E-state index < -0.39 is 10.0 Å². The first-order chi connectivity index (χ1) is 9.11. The van der Waals surface area contributed by atoms with Gasteiger partial charge in [-0.15, -0.1) is 0 Å².